The molecule has 0 amide bonds. The molecule has 2 heterocycles. The highest BCUT2D eigenvalue weighted by Crippen LogP contribution is 2.69. The third-order valence-electron chi connectivity index (χ3n) is 4.19. The second-order valence-corrected chi connectivity index (χ2v) is 9.87. The molecule has 2 fully saturated rings. The molecule has 0 unspecified atom stereocenters. The first-order valence-corrected chi connectivity index (χ1v) is 10.1. The highest BCUT2D eigenvalue weighted by Gasteiger charge is 2.49. The zero-order valence-electron chi connectivity index (χ0n) is 13.0. The molecule has 0 spiro atoms. The van der Waals surface area contributed by atoms with Crippen molar-refractivity contribution < 1.29 is 31.5 Å². The van der Waals surface area contributed by atoms with Gasteiger partial charge in [-0.15, -0.1) is 0 Å². The van der Waals surface area contributed by atoms with E-state index in [1.54, 1.807) is 0 Å². The van der Waals surface area contributed by atoms with Crippen LogP contribution in [-0.2, 0) is 31.5 Å². The normalized spacial score (nSPS) is 48.2. The molecule has 2 aliphatic heterocycles. The molecule has 0 atom stereocenters. The number of phosphoric ester groups is 2. The minimum Gasteiger partial charge on any atom is -0.286 e. The van der Waals surface area contributed by atoms with Crippen molar-refractivity contribution in [1.82, 2.24) is 0 Å². The predicted molar refractivity (Wildman–Crippen MR) is 76.9 cm³/mol. The van der Waals surface area contributed by atoms with Crippen molar-refractivity contribution in [2.24, 2.45) is 10.8 Å². The molecule has 0 aromatic rings. The maximum atomic E-state index is 12.3. The fraction of sp³-hybridized carbons (Fsp3) is 1.00. The molecular weight excluding hydrogens is 318 g/mol. The third kappa shape index (κ3) is 4.17. The Morgan fingerprint density at radius 2 is 1.10 bits per heavy atom. The number of hydrogen-bond acceptors (Lipinski definition) is 7. The molecule has 0 bridgehead atoms. The summed E-state index contributed by atoms with van der Waals surface area (Å²) in [6.07, 6.45) is 1.62. The maximum absolute atomic E-state index is 12.3. The fourth-order valence-corrected chi connectivity index (χ4v) is 5.48. The lowest BCUT2D eigenvalue weighted by molar-refractivity contribution is -0.0219. The average Bonchev–Trinajstić information content (AvgIpc) is 2.47. The maximum Gasteiger partial charge on any atom is 0.483 e. The van der Waals surface area contributed by atoms with Crippen LogP contribution in [0.25, 0.3) is 0 Å². The van der Waals surface area contributed by atoms with Gasteiger partial charge in [0.05, 0.1) is 26.4 Å². The van der Waals surface area contributed by atoms with Gasteiger partial charge in [-0.05, 0) is 12.8 Å². The molecule has 21 heavy (non-hydrogen) atoms. The summed E-state index contributed by atoms with van der Waals surface area (Å²) in [5, 5.41) is 0. The van der Waals surface area contributed by atoms with E-state index in [-0.39, 0.29) is 37.3 Å². The van der Waals surface area contributed by atoms with E-state index in [9.17, 15) is 9.13 Å². The Morgan fingerprint density at radius 3 is 1.33 bits per heavy atom. The van der Waals surface area contributed by atoms with E-state index >= 15 is 0 Å². The SMILES string of the molecule is CCC1(C)COP(=O)(OP2(=O)OCC(C)(CC)CO2)OC1. The van der Waals surface area contributed by atoms with Crippen molar-refractivity contribution >= 4 is 15.6 Å². The van der Waals surface area contributed by atoms with Gasteiger partial charge in [0.25, 0.3) is 0 Å². The van der Waals surface area contributed by atoms with Gasteiger partial charge in [0.15, 0.2) is 0 Å². The molecule has 0 N–H and O–H groups in total. The topological polar surface area (TPSA) is 80.3 Å². The van der Waals surface area contributed by atoms with Crippen LogP contribution in [-0.4, -0.2) is 26.4 Å². The van der Waals surface area contributed by atoms with Crippen LogP contribution < -0.4 is 0 Å². The molecule has 0 radical (unpaired) electrons. The summed E-state index contributed by atoms with van der Waals surface area (Å²) in [4.78, 5) is 0. The fourth-order valence-electron chi connectivity index (χ4n) is 1.72. The molecule has 2 aliphatic rings. The quantitative estimate of drug-likeness (QED) is 0.710. The first-order valence-electron chi connectivity index (χ1n) is 7.15. The minimum absolute atomic E-state index is 0.216. The van der Waals surface area contributed by atoms with E-state index in [4.69, 9.17) is 22.4 Å². The van der Waals surface area contributed by atoms with Gasteiger partial charge < -0.3 is 0 Å². The highest BCUT2D eigenvalue weighted by molar-refractivity contribution is 7.62. The summed E-state index contributed by atoms with van der Waals surface area (Å²) >= 11 is 0. The smallest absolute Gasteiger partial charge is 0.286 e. The van der Waals surface area contributed by atoms with Crippen LogP contribution in [0.4, 0.5) is 0 Å². The summed E-state index contributed by atoms with van der Waals surface area (Å²) in [7, 11) is -7.81. The molecule has 0 aliphatic carbocycles. The molecule has 2 saturated heterocycles. The zero-order valence-corrected chi connectivity index (χ0v) is 14.8. The Balaban J connectivity index is 1.96. The van der Waals surface area contributed by atoms with Gasteiger partial charge in [-0.2, -0.15) is 4.31 Å². The van der Waals surface area contributed by atoms with E-state index in [1.165, 1.54) is 0 Å². The van der Waals surface area contributed by atoms with Gasteiger partial charge in [0.1, 0.15) is 0 Å². The Labute approximate surface area is 125 Å². The minimum atomic E-state index is -3.90. The second-order valence-electron chi connectivity index (χ2n) is 6.40. The summed E-state index contributed by atoms with van der Waals surface area (Å²) in [6.45, 7) is 8.76. The molecule has 9 heteroatoms. The monoisotopic (exact) mass is 342 g/mol. The largest absolute Gasteiger partial charge is 0.483 e. The highest BCUT2D eigenvalue weighted by atomic mass is 31.3. The lowest BCUT2D eigenvalue weighted by Crippen LogP contribution is -2.34. The number of phosphoric acid groups is 2. The van der Waals surface area contributed by atoms with E-state index in [0.29, 0.717) is 0 Å². The molecular formula is C12H24O7P2. The van der Waals surface area contributed by atoms with E-state index < -0.39 is 15.6 Å². The molecule has 7 nitrogen and oxygen atoms in total. The Morgan fingerprint density at radius 1 is 0.810 bits per heavy atom. The Bertz CT molecular complexity index is 412. The van der Waals surface area contributed by atoms with Crippen molar-refractivity contribution in [1.29, 1.82) is 0 Å². The van der Waals surface area contributed by atoms with Crippen LogP contribution in [0, 0.1) is 10.8 Å². The Kier molecular flexibility index (Phi) is 5.07. The van der Waals surface area contributed by atoms with Crippen molar-refractivity contribution in [3.05, 3.63) is 0 Å². The first-order chi connectivity index (χ1) is 9.66. The van der Waals surface area contributed by atoms with Crippen LogP contribution in [0.5, 0.6) is 0 Å². The average molecular weight is 342 g/mol. The predicted octanol–water partition coefficient (Wildman–Crippen LogP) is 4.15. The molecule has 0 saturated carbocycles. The summed E-state index contributed by atoms with van der Waals surface area (Å²) in [5.41, 5.74) is -0.443. The van der Waals surface area contributed by atoms with E-state index in [1.807, 2.05) is 27.7 Å². The lowest BCUT2D eigenvalue weighted by atomic mass is 9.90. The van der Waals surface area contributed by atoms with Crippen LogP contribution in [0.1, 0.15) is 40.5 Å². The summed E-state index contributed by atoms with van der Waals surface area (Å²) < 4.78 is 50.5. The summed E-state index contributed by atoms with van der Waals surface area (Å²) in [5.74, 6) is 0. The number of hydrogen-bond donors (Lipinski definition) is 0. The van der Waals surface area contributed by atoms with Gasteiger partial charge in [0, 0.05) is 10.8 Å². The van der Waals surface area contributed by atoms with E-state index in [0.717, 1.165) is 12.8 Å². The lowest BCUT2D eigenvalue weighted by Gasteiger charge is -2.38. The van der Waals surface area contributed by atoms with Crippen molar-refractivity contribution in [2.45, 2.75) is 40.5 Å². The van der Waals surface area contributed by atoms with Crippen LogP contribution in [0.15, 0.2) is 0 Å². The second kappa shape index (κ2) is 6.04. The van der Waals surface area contributed by atoms with Crippen molar-refractivity contribution in [3.63, 3.8) is 0 Å². The van der Waals surface area contributed by atoms with Gasteiger partial charge >= 0.3 is 15.6 Å². The van der Waals surface area contributed by atoms with Gasteiger partial charge in [0.2, 0.25) is 0 Å². The molecule has 0 aromatic carbocycles. The van der Waals surface area contributed by atoms with Crippen molar-refractivity contribution in [3.8, 4) is 0 Å². The molecule has 2 rings (SSSR count). The first kappa shape index (κ1) is 17.6. The molecule has 0 aromatic heterocycles. The van der Waals surface area contributed by atoms with Gasteiger partial charge in [-0.25, -0.2) is 9.13 Å². The molecule has 124 valence electrons. The zero-order chi connectivity index (χ0) is 15.8. The van der Waals surface area contributed by atoms with Gasteiger partial charge in [-0.3, -0.25) is 18.1 Å². The van der Waals surface area contributed by atoms with Crippen LogP contribution in [0.2, 0.25) is 0 Å². The van der Waals surface area contributed by atoms with E-state index in [2.05, 4.69) is 0 Å². The number of rotatable bonds is 4. The van der Waals surface area contributed by atoms with Gasteiger partial charge in [-0.1, -0.05) is 27.7 Å². The van der Waals surface area contributed by atoms with Crippen LogP contribution in [0.3, 0.4) is 0 Å². The standard InChI is InChI=1S/C12H24O7P2/c1-5-11(3)7-15-20(13,16-8-11)19-21(14)17-9-12(4,6-2)10-18-21/h5-10H2,1-4H3. The third-order valence-corrected chi connectivity index (χ3v) is 7.57. The Hall–Kier alpha value is 0.260. The van der Waals surface area contributed by atoms with Crippen molar-refractivity contribution in [2.75, 3.05) is 26.4 Å². The van der Waals surface area contributed by atoms with Crippen LogP contribution >= 0.6 is 15.6 Å². The summed E-state index contributed by atoms with van der Waals surface area (Å²) in [6, 6.07) is 0.